The zero-order chi connectivity index (χ0) is 18.4. The average Bonchev–Trinajstić information content (AvgIpc) is 2.54. The van der Waals surface area contributed by atoms with Gasteiger partial charge in [0.05, 0.1) is 23.5 Å². The number of carbonyl (C=O) groups is 1. The number of benzene rings is 2. The van der Waals surface area contributed by atoms with Crippen molar-refractivity contribution in [3.05, 3.63) is 59.4 Å². The van der Waals surface area contributed by atoms with Gasteiger partial charge in [-0.2, -0.15) is 0 Å². The minimum atomic E-state index is -3.62. The molecule has 0 aromatic heterocycles. The van der Waals surface area contributed by atoms with Gasteiger partial charge in [0.15, 0.2) is 0 Å². The fourth-order valence-electron chi connectivity index (χ4n) is 2.09. The van der Waals surface area contributed by atoms with Gasteiger partial charge < -0.3 is 10.6 Å². The van der Waals surface area contributed by atoms with Crippen molar-refractivity contribution in [3.63, 3.8) is 0 Å². The largest absolute Gasteiger partial charge is 0.336 e. The highest BCUT2D eigenvalue weighted by molar-refractivity contribution is 7.92. The molecular formula is C16H17ClFN3O3S. The molecule has 6 nitrogen and oxygen atoms in total. The van der Waals surface area contributed by atoms with Gasteiger partial charge in [-0.3, -0.25) is 4.31 Å². The highest BCUT2D eigenvalue weighted by Crippen LogP contribution is 2.24. The van der Waals surface area contributed by atoms with Gasteiger partial charge in [0.2, 0.25) is 10.0 Å². The number of nitrogens with one attached hydrogen (secondary N) is 2. The number of urea groups is 1. The van der Waals surface area contributed by atoms with Crippen LogP contribution in [0, 0.1) is 5.82 Å². The van der Waals surface area contributed by atoms with E-state index in [0.29, 0.717) is 5.69 Å². The van der Waals surface area contributed by atoms with E-state index in [0.717, 1.165) is 16.6 Å². The summed E-state index contributed by atoms with van der Waals surface area (Å²) in [4.78, 5) is 11.8. The molecule has 0 aliphatic heterocycles. The number of hydrogen-bond acceptors (Lipinski definition) is 3. The smallest absolute Gasteiger partial charge is 0.319 e. The molecule has 0 spiro atoms. The summed E-state index contributed by atoms with van der Waals surface area (Å²) in [5.41, 5.74) is 0.837. The van der Waals surface area contributed by atoms with Crippen molar-refractivity contribution in [2.24, 2.45) is 0 Å². The molecule has 134 valence electrons. The Hall–Kier alpha value is -2.32. The first-order valence-corrected chi connectivity index (χ1v) is 9.52. The molecule has 0 aliphatic rings. The molecule has 2 aromatic carbocycles. The number of amides is 2. The van der Waals surface area contributed by atoms with Crippen molar-refractivity contribution in [1.29, 1.82) is 0 Å². The minimum absolute atomic E-state index is 0.0248. The number of hydrogen-bond donors (Lipinski definition) is 2. The normalized spacial score (nSPS) is 11.0. The topological polar surface area (TPSA) is 78.5 Å². The van der Waals surface area contributed by atoms with Crippen LogP contribution in [0.5, 0.6) is 0 Å². The summed E-state index contributed by atoms with van der Waals surface area (Å²) >= 11 is 5.71. The van der Waals surface area contributed by atoms with Gasteiger partial charge in [-0.15, -0.1) is 0 Å². The van der Waals surface area contributed by atoms with Crippen LogP contribution in [0.4, 0.5) is 20.6 Å². The quantitative estimate of drug-likeness (QED) is 0.802. The summed E-state index contributed by atoms with van der Waals surface area (Å²) < 4.78 is 38.2. The molecule has 0 unspecified atom stereocenters. The fourth-order valence-corrected chi connectivity index (χ4v) is 3.19. The Bertz CT molecular complexity index is 847. The van der Waals surface area contributed by atoms with Crippen LogP contribution in [0.2, 0.25) is 5.02 Å². The van der Waals surface area contributed by atoms with E-state index in [1.54, 1.807) is 24.3 Å². The summed E-state index contributed by atoms with van der Waals surface area (Å²) in [7, 11) is -3.62. The molecule has 0 bridgehead atoms. The molecule has 0 saturated carbocycles. The summed E-state index contributed by atoms with van der Waals surface area (Å²) in [6.45, 7) is 0.0315. The van der Waals surface area contributed by atoms with E-state index >= 15 is 0 Å². The van der Waals surface area contributed by atoms with Gasteiger partial charge in [-0.1, -0.05) is 29.8 Å². The van der Waals surface area contributed by atoms with Gasteiger partial charge in [-0.05, 0) is 30.3 Å². The highest BCUT2D eigenvalue weighted by Gasteiger charge is 2.18. The van der Waals surface area contributed by atoms with E-state index < -0.39 is 21.9 Å². The second-order valence-corrected chi connectivity index (χ2v) is 7.49. The third-order valence-corrected chi connectivity index (χ3v) is 4.71. The first-order valence-electron chi connectivity index (χ1n) is 7.30. The van der Waals surface area contributed by atoms with Crippen LogP contribution >= 0.6 is 11.6 Å². The van der Waals surface area contributed by atoms with Gasteiger partial charge in [0.1, 0.15) is 5.82 Å². The van der Waals surface area contributed by atoms with E-state index in [-0.39, 0.29) is 23.8 Å². The molecule has 0 fully saturated rings. The van der Waals surface area contributed by atoms with Crippen molar-refractivity contribution >= 4 is 39.0 Å². The molecule has 25 heavy (non-hydrogen) atoms. The Labute approximate surface area is 150 Å². The summed E-state index contributed by atoms with van der Waals surface area (Å²) in [6, 6.07) is 12.0. The van der Waals surface area contributed by atoms with Crippen molar-refractivity contribution in [1.82, 2.24) is 5.32 Å². The van der Waals surface area contributed by atoms with Crippen LogP contribution < -0.4 is 14.9 Å². The van der Waals surface area contributed by atoms with E-state index in [4.69, 9.17) is 11.6 Å². The lowest BCUT2D eigenvalue weighted by atomic mass is 10.3. The Morgan fingerprint density at radius 2 is 1.88 bits per heavy atom. The van der Waals surface area contributed by atoms with Gasteiger partial charge >= 0.3 is 6.03 Å². The molecule has 0 atom stereocenters. The van der Waals surface area contributed by atoms with Crippen LogP contribution in [0.3, 0.4) is 0 Å². The van der Waals surface area contributed by atoms with Crippen LogP contribution in [0.25, 0.3) is 0 Å². The number of halogens is 2. The predicted molar refractivity (Wildman–Crippen MR) is 97.1 cm³/mol. The Morgan fingerprint density at radius 1 is 1.20 bits per heavy atom. The lowest BCUT2D eigenvalue weighted by molar-refractivity contribution is 0.252. The molecule has 0 radical (unpaired) electrons. The molecule has 2 rings (SSSR count). The van der Waals surface area contributed by atoms with E-state index in [9.17, 15) is 17.6 Å². The highest BCUT2D eigenvalue weighted by atomic mass is 35.5. The van der Waals surface area contributed by atoms with E-state index in [1.165, 1.54) is 12.1 Å². The average molecular weight is 386 g/mol. The van der Waals surface area contributed by atoms with Crippen LogP contribution in [-0.4, -0.2) is 33.8 Å². The van der Waals surface area contributed by atoms with Crippen LogP contribution in [0.1, 0.15) is 0 Å². The second-order valence-electron chi connectivity index (χ2n) is 5.18. The molecule has 0 aliphatic carbocycles. The monoisotopic (exact) mass is 385 g/mol. The van der Waals surface area contributed by atoms with E-state index in [2.05, 4.69) is 10.6 Å². The Kier molecular flexibility index (Phi) is 6.22. The summed E-state index contributed by atoms with van der Waals surface area (Å²) in [5, 5.41) is 5.01. The third-order valence-electron chi connectivity index (χ3n) is 3.22. The molecule has 9 heteroatoms. The van der Waals surface area contributed by atoms with Crippen molar-refractivity contribution in [2.75, 3.05) is 29.0 Å². The SMILES string of the molecule is CS(=O)(=O)N(CCNC(=O)Nc1ccccc1)c1ccc(F)c(Cl)c1. The summed E-state index contributed by atoms with van der Waals surface area (Å²) in [5.74, 6) is -0.640. The first kappa shape index (κ1) is 19.0. The molecule has 0 heterocycles. The van der Waals surface area contributed by atoms with Gasteiger partial charge in [-0.25, -0.2) is 17.6 Å². The van der Waals surface area contributed by atoms with Crippen LogP contribution in [-0.2, 0) is 10.0 Å². The van der Waals surface area contributed by atoms with Crippen molar-refractivity contribution in [3.8, 4) is 0 Å². The lowest BCUT2D eigenvalue weighted by Crippen LogP contribution is -2.39. The minimum Gasteiger partial charge on any atom is -0.336 e. The number of nitrogens with zero attached hydrogens (tertiary/aromatic N) is 1. The molecule has 2 aromatic rings. The lowest BCUT2D eigenvalue weighted by Gasteiger charge is -2.23. The maximum absolute atomic E-state index is 13.3. The number of rotatable bonds is 6. The zero-order valence-electron chi connectivity index (χ0n) is 13.4. The molecule has 2 amide bonds. The van der Waals surface area contributed by atoms with E-state index in [1.807, 2.05) is 6.07 Å². The third kappa shape index (κ3) is 5.61. The Morgan fingerprint density at radius 3 is 2.48 bits per heavy atom. The summed E-state index contributed by atoms with van der Waals surface area (Å²) in [6.07, 6.45) is 1.02. The number of para-hydroxylation sites is 1. The zero-order valence-corrected chi connectivity index (χ0v) is 14.9. The number of anilines is 2. The standard InChI is InChI=1S/C16H17ClFN3O3S/c1-25(23,24)21(13-7-8-15(18)14(17)11-13)10-9-19-16(22)20-12-5-3-2-4-6-12/h2-8,11H,9-10H2,1H3,(H2,19,20,22). The molecule has 2 N–H and O–H groups in total. The number of carbonyl (C=O) groups excluding carboxylic acids is 1. The van der Waals surface area contributed by atoms with Gasteiger partial charge in [0, 0.05) is 12.2 Å². The first-order chi connectivity index (χ1) is 11.8. The van der Waals surface area contributed by atoms with Crippen molar-refractivity contribution in [2.45, 2.75) is 0 Å². The van der Waals surface area contributed by atoms with Crippen molar-refractivity contribution < 1.29 is 17.6 Å². The molecular weight excluding hydrogens is 369 g/mol. The maximum atomic E-state index is 13.3. The second kappa shape index (κ2) is 8.17. The Balaban J connectivity index is 1.99. The molecule has 0 saturated heterocycles. The maximum Gasteiger partial charge on any atom is 0.319 e. The number of sulfonamides is 1. The van der Waals surface area contributed by atoms with Crippen LogP contribution in [0.15, 0.2) is 48.5 Å². The van der Waals surface area contributed by atoms with Gasteiger partial charge in [0.25, 0.3) is 0 Å². The predicted octanol–water partition coefficient (Wildman–Crippen LogP) is 3.07. The fraction of sp³-hybridized carbons (Fsp3) is 0.188.